The van der Waals surface area contributed by atoms with E-state index in [1.165, 1.54) is 6.07 Å². The van der Waals surface area contributed by atoms with Gasteiger partial charge >= 0.3 is 0 Å². The number of nitro groups is 1. The Morgan fingerprint density at radius 2 is 1.65 bits per heavy atom. The molecule has 0 atom stereocenters. The van der Waals surface area contributed by atoms with Crippen molar-refractivity contribution >= 4 is 57.6 Å². The molecule has 2 fully saturated rings. The van der Waals surface area contributed by atoms with E-state index in [9.17, 15) is 14.9 Å². The number of hydrogen-bond acceptors (Lipinski definition) is 7. The van der Waals surface area contributed by atoms with Crippen LogP contribution in [0.4, 0.5) is 22.7 Å². The Bertz CT molecular complexity index is 1100. The van der Waals surface area contributed by atoms with E-state index in [-0.39, 0.29) is 16.4 Å². The van der Waals surface area contributed by atoms with E-state index in [1.54, 1.807) is 18.2 Å². The summed E-state index contributed by atoms with van der Waals surface area (Å²) in [6.45, 7) is 5.31. The number of nitrogens with one attached hydrogen (secondary N) is 2. The predicted molar refractivity (Wildman–Crippen MR) is 139 cm³/mol. The molecule has 2 aliphatic rings. The minimum Gasteiger partial charge on any atom is -0.368 e. The molecule has 180 valence electrons. The first kappa shape index (κ1) is 24.2. The van der Waals surface area contributed by atoms with Crippen molar-refractivity contribution in [3.63, 3.8) is 0 Å². The van der Waals surface area contributed by atoms with Gasteiger partial charge in [0.25, 0.3) is 11.6 Å². The molecule has 2 saturated heterocycles. The minimum absolute atomic E-state index is 0.0830. The van der Waals surface area contributed by atoms with Crippen molar-refractivity contribution in [1.29, 1.82) is 0 Å². The number of rotatable bonds is 5. The molecule has 0 radical (unpaired) electrons. The van der Waals surface area contributed by atoms with Crippen molar-refractivity contribution in [2.75, 3.05) is 61.4 Å². The second-order valence-corrected chi connectivity index (χ2v) is 9.33. The Morgan fingerprint density at radius 3 is 2.29 bits per heavy atom. The number of nitro benzene ring substituents is 1. The number of benzene rings is 2. The summed E-state index contributed by atoms with van der Waals surface area (Å²) in [6, 6.07) is 10.1. The van der Waals surface area contributed by atoms with Crippen molar-refractivity contribution in [2.45, 2.75) is 12.8 Å². The van der Waals surface area contributed by atoms with Gasteiger partial charge in [-0.15, -0.1) is 0 Å². The van der Waals surface area contributed by atoms with Crippen LogP contribution in [0.2, 0.25) is 5.02 Å². The zero-order valence-corrected chi connectivity index (χ0v) is 20.5. The smallest absolute Gasteiger partial charge is 0.293 e. The van der Waals surface area contributed by atoms with Gasteiger partial charge in [-0.25, -0.2) is 0 Å². The van der Waals surface area contributed by atoms with Crippen molar-refractivity contribution in [3.8, 4) is 0 Å². The predicted octanol–water partition coefficient (Wildman–Crippen LogP) is 3.73. The van der Waals surface area contributed by atoms with Crippen molar-refractivity contribution < 1.29 is 9.72 Å². The van der Waals surface area contributed by atoms with Gasteiger partial charge in [0.05, 0.1) is 15.6 Å². The van der Waals surface area contributed by atoms with Crippen LogP contribution in [0.25, 0.3) is 0 Å². The van der Waals surface area contributed by atoms with Gasteiger partial charge in [-0.1, -0.05) is 11.6 Å². The summed E-state index contributed by atoms with van der Waals surface area (Å²) in [5.41, 5.74) is 2.22. The normalized spacial score (nSPS) is 16.4. The summed E-state index contributed by atoms with van der Waals surface area (Å²) < 4.78 is 0. The molecule has 0 saturated carbocycles. The van der Waals surface area contributed by atoms with Gasteiger partial charge in [-0.2, -0.15) is 0 Å². The largest absolute Gasteiger partial charge is 0.368 e. The maximum Gasteiger partial charge on any atom is 0.293 e. The van der Waals surface area contributed by atoms with Gasteiger partial charge in [-0.3, -0.25) is 20.2 Å². The monoisotopic (exact) mass is 502 g/mol. The third kappa shape index (κ3) is 5.57. The van der Waals surface area contributed by atoms with E-state index in [4.69, 9.17) is 23.8 Å². The number of thiocarbonyl (C=S) groups is 1. The molecule has 0 aromatic heterocycles. The molecule has 9 nitrogen and oxygen atoms in total. The first-order valence-corrected chi connectivity index (χ1v) is 12.0. The highest BCUT2D eigenvalue weighted by Crippen LogP contribution is 2.32. The van der Waals surface area contributed by atoms with Gasteiger partial charge in [0.15, 0.2) is 5.11 Å². The van der Waals surface area contributed by atoms with E-state index in [0.717, 1.165) is 57.8 Å². The molecule has 4 rings (SSSR count). The average molecular weight is 503 g/mol. The lowest BCUT2D eigenvalue weighted by Gasteiger charge is -2.34. The molecule has 2 aromatic carbocycles. The lowest BCUT2D eigenvalue weighted by Crippen LogP contribution is -2.44. The molecule has 2 aromatic rings. The number of carbonyl (C=O) groups excluding carboxylic acids is 1. The van der Waals surface area contributed by atoms with Crippen molar-refractivity contribution in [2.24, 2.45) is 0 Å². The Morgan fingerprint density at radius 1 is 1.00 bits per heavy atom. The fraction of sp³-hybridized carbons (Fsp3) is 0.391. The number of nitrogens with zero attached hydrogens (tertiary/aromatic N) is 4. The van der Waals surface area contributed by atoms with Gasteiger partial charge in [0.1, 0.15) is 5.69 Å². The number of amides is 1. The Hall–Kier alpha value is -2.95. The first-order valence-electron chi connectivity index (χ1n) is 11.2. The van der Waals surface area contributed by atoms with Crippen LogP contribution in [0.5, 0.6) is 0 Å². The minimum atomic E-state index is -0.520. The summed E-state index contributed by atoms with van der Waals surface area (Å²) in [4.78, 5) is 30.3. The van der Waals surface area contributed by atoms with E-state index in [1.807, 2.05) is 17.0 Å². The third-order valence-corrected chi connectivity index (χ3v) is 6.66. The molecular formula is C23H27ClN6O3S. The fourth-order valence-corrected chi connectivity index (χ4v) is 4.77. The summed E-state index contributed by atoms with van der Waals surface area (Å²) in [5, 5.41) is 17.8. The number of anilines is 3. The van der Waals surface area contributed by atoms with Gasteiger partial charge in [-0.05, 0) is 62.4 Å². The number of hydrogen-bond donors (Lipinski definition) is 2. The third-order valence-electron chi connectivity index (χ3n) is 6.16. The molecule has 2 N–H and O–H groups in total. The SMILES string of the molecule is CN1CCN(c2ccc(NC(=S)NC(=O)c3ccc(N4CCCC4)c([N+](=O)[O-])c3)cc2Cl)CC1. The first-order chi connectivity index (χ1) is 16.3. The van der Waals surface area contributed by atoms with Crippen LogP contribution < -0.4 is 20.4 Å². The standard InChI is InChI=1S/C23H27ClN6O3S/c1-27-10-12-29(13-11-27)19-7-5-17(15-18(19)24)25-23(34)26-22(31)16-4-6-20(21(14-16)30(32)33)28-8-2-3-9-28/h4-7,14-15H,2-3,8-13H2,1H3,(H2,25,26,31,34). The average Bonchev–Trinajstić information content (AvgIpc) is 3.34. The topological polar surface area (TPSA) is 94.0 Å². The number of carbonyl (C=O) groups is 1. The Labute approximate surface area is 208 Å². The second-order valence-electron chi connectivity index (χ2n) is 8.52. The quantitative estimate of drug-likeness (QED) is 0.363. The van der Waals surface area contributed by atoms with Gasteiger partial charge < -0.3 is 20.0 Å². The van der Waals surface area contributed by atoms with E-state index < -0.39 is 10.8 Å². The van der Waals surface area contributed by atoms with Gasteiger partial charge in [0.2, 0.25) is 0 Å². The van der Waals surface area contributed by atoms with Gasteiger partial charge in [0, 0.05) is 56.6 Å². The van der Waals surface area contributed by atoms with Crippen molar-refractivity contribution in [3.05, 3.63) is 57.1 Å². The highest BCUT2D eigenvalue weighted by molar-refractivity contribution is 7.80. The molecule has 2 aliphatic heterocycles. The number of piperazine rings is 1. The molecule has 0 bridgehead atoms. The van der Waals surface area contributed by atoms with Crippen LogP contribution in [-0.2, 0) is 0 Å². The van der Waals surface area contributed by atoms with Crippen LogP contribution >= 0.6 is 23.8 Å². The van der Waals surface area contributed by atoms with Crippen LogP contribution in [0.15, 0.2) is 36.4 Å². The summed E-state index contributed by atoms with van der Waals surface area (Å²) >= 11 is 11.8. The molecule has 1 amide bonds. The van der Waals surface area contributed by atoms with Crippen LogP contribution in [-0.4, -0.2) is 67.2 Å². The molecule has 34 heavy (non-hydrogen) atoms. The summed E-state index contributed by atoms with van der Waals surface area (Å²) in [6.07, 6.45) is 2.00. The maximum atomic E-state index is 12.7. The molecule has 2 heterocycles. The lowest BCUT2D eigenvalue weighted by molar-refractivity contribution is -0.384. The highest BCUT2D eigenvalue weighted by atomic mass is 35.5. The van der Waals surface area contributed by atoms with Crippen LogP contribution in [0.3, 0.4) is 0 Å². The molecule has 0 aliphatic carbocycles. The summed E-state index contributed by atoms with van der Waals surface area (Å²) in [5.74, 6) is -0.520. The highest BCUT2D eigenvalue weighted by Gasteiger charge is 2.24. The van der Waals surface area contributed by atoms with Crippen molar-refractivity contribution in [1.82, 2.24) is 10.2 Å². The lowest BCUT2D eigenvalue weighted by atomic mass is 10.1. The molecule has 11 heteroatoms. The summed E-state index contributed by atoms with van der Waals surface area (Å²) in [7, 11) is 2.10. The number of halogens is 1. The zero-order chi connectivity index (χ0) is 24.2. The zero-order valence-electron chi connectivity index (χ0n) is 18.9. The molecule has 0 spiro atoms. The van der Waals surface area contributed by atoms with Crippen LogP contribution in [0, 0.1) is 10.1 Å². The Balaban J connectivity index is 1.40. The van der Waals surface area contributed by atoms with E-state index in [0.29, 0.717) is 16.4 Å². The van der Waals surface area contributed by atoms with E-state index in [2.05, 4.69) is 27.5 Å². The molecular weight excluding hydrogens is 476 g/mol. The maximum absolute atomic E-state index is 12.7. The number of likely N-dealkylation sites (N-methyl/N-ethyl adjacent to an activating group) is 1. The van der Waals surface area contributed by atoms with Crippen LogP contribution in [0.1, 0.15) is 23.2 Å². The Kier molecular flexibility index (Phi) is 7.50. The van der Waals surface area contributed by atoms with E-state index >= 15 is 0 Å². The second kappa shape index (κ2) is 10.5. The fourth-order valence-electron chi connectivity index (χ4n) is 4.26. The molecule has 0 unspecified atom stereocenters.